The number of hydrogen-bond donors (Lipinski definition) is 1. The van der Waals surface area contributed by atoms with Crippen molar-refractivity contribution in [2.45, 2.75) is 25.8 Å². The summed E-state index contributed by atoms with van der Waals surface area (Å²) in [6.45, 7) is 3.55. The number of fused-ring (bicyclic) bond motifs is 1. The van der Waals surface area contributed by atoms with Crippen LogP contribution < -0.4 is 5.73 Å². The van der Waals surface area contributed by atoms with Crippen molar-refractivity contribution >= 4 is 38.9 Å². The van der Waals surface area contributed by atoms with Crippen LogP contribution in [0.1, 0.15) is 29.4 Å². The lowest BCUT2D eigenvalue weighted by molar-refractivity contribution is 0.0666. The van der Waals surface area contributed by atoms with Crippen molar-refractivity contribution in [1.82, 2.24) is 4.90 Å². The molecule has 2 N–H and O–H groups in total. The van der Waals surface area contributed by atoms with Crippen molar-refractivity contribution in [1.29, 1.82) is 0 Å². The number of carbonyl (C=O) groups is 1. The van der Waals surface area contributed by atoms with Gasteiger partial charge in [0.15, 0.2) is 0 Å². The van der Waals surface area contributed by atoms with Gasteiger partial charge in [-0.15, -0.1) is 11.3 Å². The van der Waals surface area contributed by atoms with Gasteiger partial charge in [0.1, 0.15) is 4.88 Å². The first kappa shape index (κ1) is 14.8. The zero-order valence-electron chi connectivity index (χ0n) is 12.0. The molecule has 2 atom stereocenters. The lowest BCUT2D eigenvalue weighted by Crippen LogP contribution is -2.44. The Morgan fingerprint density at radius 3 is 2.95 bits per heavy atom. The Morgan fingerprint density at radius 1 is 1.48 bits per heavy atom. The van der Waals surface area contributed by atoms with Gasteiger partial charge in [-0.3, -0.25) is 4.79 Å². The molecule has 1 aliphatic heterocycles. The average Bonchev–Trinajstić information content (AvgIpc) is 2.84. The largest absolute Gasteiger partial charge is 0.338 e. The van der Waals surface area contributed by atoms with Crippen LogP contribution in [0.4, 0.5) is 0 Å². The molecular formula is C16H19ClN2OS. The number of thiophene rings is 1. The summed E-state index contributed by atoms with van der Waals surface area (Å²) < 4.78 is 1.06. The summed E-state index contributed by atoms with van der Waals surface area (Å²) in [6, 6.07) is 8.01. The Balaban J connectivity index is 1.88. The molecule has 1 saturated heterocycles. The number of benzene rings is 1. The van der Waals surface area contributed by atoms with Crippen molar-refractivity contribution in [3.63, 3.8) is 0 Å². The molecule has 1 fully saturated rings. The first-order valence-electron chi connectivity index (χ1n) is 7.30. The van der Waals surface area contributed by atoms with Crippen LogP contribution in [0.25, 0.3) is 10.1 Å². The zero-order chi connectivity index (χ0) is 15.0. The summed E-state index contributed by atoms with van der Waals surface area (Å²) in [5.74, 6) is 0.433. The number of hydrogen-bond acceptors (Lipinski definition) is 3. The van der Waals surface area contributed by atoms with Gasteiger partial charge in [0.25, 0.3) is 5.91 Å². The van der Waals surface area contributed by atoms with Crippen LogP contribution in [-0.4, -0.2) is 29.9 Å². The Labute approximate surface area is 133 Å². The fourth-order valence-corrected chi connectivity index (χ4v) is 4.40. The molecule has 5 heteroatoms. The number of nitrogens with two attached hydrogens (primary N) is 1. The Hall–Kier alpha value is -1.10. The summed E-state index contributed by atoms with van der Waals surface area (Å²) >= 11 is 7.89. The van der Waals surface area contributed by atoms with Gasteiger partial charge >= 0.3 is 0 Å². The van der Waals surface area contributed by atoms with E-state index in [-0.39, 0.29) is 11.9 Å². The maximum atomic E-state index is 12.8. The second-order valence-electron chi connectivity index (χ2n) is 5.75. The van der Waals surface area contributed by atoms with Crippen molar-refractivity contribution in [2.75, 3.05) is 13.1 Å². The number of likely N-dealkylation sites (tertiary alicyclic amines) is 1. The third-order valence-electron chi connectivity index (χ3n) is 4.22. The van der Waals surface area contributed by atoms with Gasteiger partial charge < -0.3 is 10.6 Å². The molecule has 0 spiro atoms. The molecule has 21 heavy (non-hydrogen) atoms. The Kier molecular flexibility index (Phi) is 4.20. The molecule has 0 saturated carbocycles. The van der Waals surface area contributed by atoms with E-state index in [4.69, 9.17) is 17.3 Å². The first-order valence-corrected chi connectivity index (χ1v) is 8.49. The third kappa shape index (κ3) is 2.80. The van der Waals surface area contributed by atoms with E-state index in [0.29, 0.717) is 15.8 Å². The third-order valence-corrected chi connectivity index (χ3v) is 5.88. The summed E-state index contributed by atoms with van der Waals surface area (Å²) in [7, 11) is 0. The Bertz CT molecular complexity index is 667. The normalized spacial score (nSPS) is 20.7. The highest BCUT2D eigenvalue weighted by Gasteiger charge is 2.28. The molecule has 0 aliphatic carbocycles. The minimum atomic E-state index is 0.0477. The van der Waals surface area contributed by atoms with E-state index in [0.717, 1.165) is 36.0 Å². The van der Waals surface area contributed by atoms with Crippen molar-refractivity contribution in [3.05, 3.63) is 34.2 Å². The highest BCUT2D eigenvalue weighted by atomic mass is 35.5. The maximum absolute atomic E-state index is 12.8. The van der Waals surface area contributed by atoms with E-state index < -0.39 is 0 Å². The van der Waals surface area contributed by atoms with Gasteiger partial charge in [-0.25, -0.2) is 0 Å². The highest BCUT2D eigenvalue weighted by Crippen LogP contribution is 2.36. The van der Waals surface area contributed by atoms with Crippen LogP contribution in [0.2, 0.25) is 5.02 Å². The summed E-state index contributed by atoms with van der Waals surface area (Å²) in [5.41, 5.74) is 6.00. The summed E-state index contributed by atoms with van der Waals surface area (Å²) in [5, 5.41) is 1.55. The zero-order valence-corrected chi connectivity index (χ0v) is 13.6. The van der Waals surface area contributed by atoms with E-state index in [1.807, 2.05) is 36.1 Å². The van der Waals surface area contributed by atoms with Crippen LogP contribution in [0.15, 0.2) is 24.3 Å². The van der Waals surface area contributed by atoms with Crippen LogP contribution in [0.3, 0.4) is 0 Å². The predicted molar refractivity (Wildman–Crippen MR) is 89.1 cm³/mol. The van der Waals surface area contributed by atoms with Crippen molar-refractivity contribution in [3.8, 4) is 0 Å². The van der Waals surface area contributed by atoms with Crippen LogP contribution >= 0.6 is 22.9 Å². The molecular weight excluding hydrogens is 304 g/mol. The summed E-state index contributed by atoms with van der Waals surface area (Å²) in [6.07, 6.45) is 2.11. The number of rotatable bonds is 2. The van der Waals surface area contributed by atoms with Gasteiger partial charge in [0.05, 0.1) is 5.02 Å². The first-order chi connectivity index (χ1) is 10.1. The molecule has 0 radical (unpaired) electrons. The Morgan fingerprint density at radius 2 is 2.24 bits per heavy atom. The van der Waals surface area contributed by atoms with Gasteiger partial charge in [-0.05, 0) is 31.7 Å². The molecule has 1 aromatic heterocycles. The number of carbonyl (C=O) groups excluding carboxylic acids is 1. The molecule has 112 valence electrons. The van der Waals surface area contributed by atoms with E-state index in [2.05, 4.69) is 0 Å². The molecule has 1 amide bonds. The van der Waals surface area contributed by atoms with Crippen molar-refractivity contribution in [2.24, 2.45) is 11.7 Å². The fraction of sp³-hybridized carbons (Fsp3) is 0.438. The minimum Gasteiger partial charge on any atom is -0.338 e. The number of piperidine rings is 1. The second kappa shape index (κ2) is 5.95. The quantitative estimate of drug-likeness (QED) is 0.915. The predicted octanol–water partition coefficient (Wildman–Crippen LogP) is 3.75. The number of amides is 1. The van der Waals surface area contributed by atoms with Crippen LogP contribution in [-0.2, 0) is 0 Å². The molecule has 0 bridgehead atoms. The molecule has 2 unspecified atom stereocenters. The van der Waals surface area contributed by atoms with Gasteiger partial charge in [0.2, 0.25) is 0 Å². The molecule has 2 aromatic rings. The lowest BCUT2D eigenvalue weighted by Gasteiger charge is -2.34. The molecule has 3 nitrogen and oxygen atoms in total. The average molecular weight is 323 g/mol. The lowest BCUT2D eigenvalue weighted by atomic mass is 9.92. The van der Waals surface area contributed by atoms with Crippen molar-refractivity contribution < 1.29 is 4.79 Å². The summed E-state index contributed by atoms with van der Waals surface area (Å²) in [4.78, 5) is 15.3. The standard InChI is InChI=1S/C16H19ClN2OS/c1-10(18)11-5-4-8-19(9-11)16(20)15-14(17)12-6-2-3-7-13(12)21-15/h2-3,6-7,10-11H,4-5,8-9,18H2,1H3. The minimum absolute atomic E-state index is 0.0477. The molecule has 2 heterocycles. The second-order valence-corrected chi connectivity index (χ2v) is 7.18. The topological polar surface area (TPSA) is 46.3 Å². The molecule has 1 aliphatic rings. The number of halogens is 1. The molecule has 1 aromatic carbocycles. The SMILES string of the molecule is CC(N)C1CCCN(C(=O)c2sc3ccccc3c2Cl)C1. The van der Waals surface area contributed by atoms with E-state index in [1.54, 1.807) is 0 Å². The fourth-order valence-electron chi connectivity index (χ4n) is 2.92. The number of nitrogens with zero attached hydrogens (tertiary/aromatic N) is 1. The van der Waals surface area contributed by atoms with Gasteiger partial charge in [-0.1, -0.05) is 29.8 Å². The van der Waals surface area contributed by atoms with E-state index in [9.17, 15) is 4.79 Å². The van der Waals surface area contributed by atoms with Gasteiger partial charge in [-0.2, -0.15) is 0 Å². The van der Waals surface area contributed by atoms with E-state index in [1.165, 1.54) is 11.3 Å². The van der Waals surface area contributed by atoms with Crippen LogP contribution in [0, 0.1) is 5.92 Å². The van der Waals surface area contributed by atoms with Gasteiger partial charge in [0, 0.05) is 29.2 Å². The van der Waals surface area contributed by atoms with E-state index >= 15 is 0 Å². The smallest absolute Gasteiger partial charge is 0.265 e. The monoisotopic (exact) mass is 322 g/mol. The molecule has 3 rings (SSSR count). The maximum Gasteiger partial charge on any atom is 0.265 e. The van der Waals surface area contributed by atoms with Crippen LogP contribution in [0.5, 0.6) is 0 Å². The highest BCUT2D eigenvalue weighted by molar-refractivity contribution is 7.21.